The van der Waals surface area contributed by atoms with E-state index in [0.717, 1.165) is 57.3 Å². The SMILES string of the molecule is CN=C(NCCc1c[nH]c2ccccc12)N1CCN(Cc2ccon2)CC1.I. The van der Waals surface area contributed by atoms with E-state index in [0.29, 0.717) is 0 Å². The van der Waals surface area contributed by atoms with E-state index in [1.54, 1.807) is 6.26 Å². The predicted molar refractivity (Wildman–Crippen MR) is 122 cm³/mol. The summed E-state index contributed by atoms with van der Waals surface area (Å²) in [7, 11) is 1.86. The monoisotopic (exact) mass is 494 g/mol. The van der Waals surface area contributed by atoms with Crippen LogP contribution in [0.25, 0.3) is 10.9 Å². The van der Waals surface area contributed by atoms with Gasteiger partial charge >= 0.3 is 0 Å². The van der Waals surface area contributed by atoms with Crippen molar-refractivity contribution in [3.63, 3.8) is 0 Å². The smallest absolute Gasteiger partial charge is 0.193 e. The molecule has 1 aromatic carbocycles. The third-order valence-corrected chi connectivity index (χ3v) is 5.11. The number of benzene rings is 1. The van der Waals surface area contributed by atoms with Gasteiger partial charge in [-0.1, -0.05) is 23.4 Å². The van der Waals surface area contributed by atoms with Crippen LogP contribution >= 0.6 is 24.0 Å². The van der Waals surface area contributed by atoms with Crippen molar-refractivity contribution in [1.29, 1.82) is 0 Å². The van der Waals surface area contributed by atoms with Gasteiger partial charge in [0, 0.05) is 69.5 Å². The molecule has 1 aliphatic rings. The lowest BCUT2D eigenvalue weighted by atomic mass is 10.1. The van der Waals surface area contributed by atoms with Gasteiger partial charge in [0.2, 0.25) is 0 Å². The molecule has 0 saturated carbocycles. The van der Waals surface area contributed by atoms with E-state index >= 15 is 0 Å². The molecule has 150 valence electrons. The van der Waals surface area contributed by atoms with Crippen LogP contribution in [0.5, 0.6) is 0 Å². The molecule has 28 heavy (non-hydrogen) atoms. The van der Waals surface area contributed by atoms with Gasteiger partial charge in [-0.05, 0) is 18.1 Å². The van der Waals surface area contributed by atoms with Crippen LogP contribution in [0.4, 0.5) is 0 Å². The summed E-state index contributed by atoms with van der Waals surface area (Å²) in [5, 5.41) is 8.82. The lowest BCUT2D eigenvalue weighted by Crippen LogP contribution is -2.52. The number of H-pyrrole nitrogens is 1. The second kappa shape index (κ2) is 9.92. The average molecular weight is 494 g/mol. The minimum Gasteiger partial charge on any atom is -0.364 e. The van der Waals surface area contributed by atoms with Crippen LogP contribution in [0.1, 0.15) is 11.3 Å². The van der Waals surface area contributed by atoms with Gasteiger partial charge in [-0.2, -0.15) is 0 Å². The molecule has 8 heteroatoms. The maximum Gasteiger partial charge on any atom is 0.193 e. The van der Waals surface area contributed by atoms with Gasteiger partial charge < -0.3 is 19.7 Å². The first-order valence-electron chi connectivity index (χ1n) is 9.45. The first-order chi connectivity index (χ1) is 13.3. The maximum absolute atomic E-state index is 4.92. The van der Waals surface area contributed by atoms with Gasteiger partial charge in [0.15, 0.2) is 5.96 Å². The zero-order valence-corrected chi connectivity index (χ0v) is 18.4. The number of aromatic nitrogens is 2. The highest BCUT2D eigenvalue weighted by Crippen LogP contribution is 2.17. The van der Waals surface area contributed by atoms with E-state index in [4.69, 9.17) is 4.52 Å². The van der Waals surface area contributed by atoms with E-state index < -0.39 is 0 Å². The quantitative estimate of drug-likeness (QED) is 0.324. The highest BCUT2D eigenvalue weighted by atomic mass is 127. The molecule has 0 bridgehead atoms. The van der Waals surface area contributed by atoms with Crippen molar-refractivity contribution < 1.29 is 4.52 Å². The largest absolute Gasteiger partial charge is 0.364 e. The molecule has 0 spiro atoms. The van der Waals surface area contributed by atoms with Gasteiger partial charge in [-0.3, -0.25) is 9.89 Å². The average Bonchev–Trinajstić information content (AvgIpc) is 3.36. The molecular weight excluding hydrogens is 467 g/mol. The number of piperazine rings is 1. The summed E-state index contributed by atoms with van der Waals surface area (Å²) < 4.78 is 4.92. The first-order valence-corrected chi connectivity index (χ1v) is 9.45. The van der Waals surface area contributed by atoms with E-state index in [1.807, 2.05) is 13.1 Å². The van der Waals surface area contributed by atoms with Crippen LogP contribution in [0.2, 0.25) is 0 Å². The molecule has 0 atom stereocenters. The normalized spacial score (nSPS) is 15.6. The molecule has 1 saturated heterocycles. The van der Waals surface area contributed by atoms with Gasteiger partial charge in [0.1, 0.15) is 6.26 Å². The fraction of sp³-hybridized carbons (Fsp3) is 0.400. The summed E-state index contributed by atoms with van der Waals surface area (Å²) in [4.78, 5) is 12.5. The standard InChI is InChI=1S/C20H26N6O.HI/c1-21-20(22-8-6-16-14-23-19-5-3-2-4-18(16)19)26-11-9-25(10-12-26)15-17-7-13-27-24-17;/h2-5,7,13-14,23H,6,8-12,15H2,1H3,(H,21,22);1H. The fourth-order valence-corrected chi connectivity index (χ4v) is 3.65. The number of rotatable bonds is 5. The Morgan fingerprint density at radius 2 is 2.04 bits per heavy atom. The highest BCUT2D eigenvalue weighted by Gasteiger charge is 2.20. The van der Waals surface area contributed by atoms with Crippen molar-refractivity contribution in [2.75, 3.05) is 39.8 Å². The molecule has 7 nitrogen and oxygen atoms in total. The van der Waals surface area contributed by atoms with Crippen molar-refractivity contribution in [2.45, 2.75) is 13.0 Å². The molecule has 0 aliphatic carbocycles. The Balaban J connectivity index is 0.00000225. The molecule has 0 radical (unpaired) electrons. The number of guanidine groups is 1. The molecule has 1 aliphatic heterocycles. The number of nitrogens with one attached hydrogen (secondary N) is 2. The molecular formula is C20H27IN6O. The number of hydrogen-bond donors (Lipinski definition) is 2. The number of fused-ring (bicyclic) bond motifs is 1. The second-order valence-corrected chi connectivity index (χ2v) is 6.84. The van der Waals surface area contributed by atoms with Gasteiger partial charge in [0.25, 0.3) is 0 Å². The van der Waals surface area contributed by atoms with Crippen LogP contribution in [-0.4, -0.2) is 65.7 Å². The van der Waals surface area contributed by atoms with Crippen molar-refractivity contribution in [3.8, 4) is 0 Å². The van der Waals surface area contributed by atoms with Gasteiger partial charge in [-0.15, -0.1) is 24.0 Å². The fourth-order valence-electron chi connectivity index (χ4n) is 3.65. The number of hydrogen-bond acceptors (Lipinski definition) is 4. The maximum atomic E-state index is 4.92. The molecule has 4 rings (SSSR count). The van der Waals surface area contributed by atoms with E-state index in [-0.39, 0.29) is 24.0 Å². The van der Waals surface area contributed by atoms with Crippen LogP contribution < -0.4 is 5.32 Å². The van der Waals surface area contributed by atoms with Gasteiger partial charge in [0.05, 0.1) is 5.69 Å². The van der Waals surface area contributed by atoms with E-state index in [2.05, 4.69) is 60.7 Å². The first kappa shape index (κ1) is 20.7. The number of aromatic amines is 1. The Bertz CT molecular complexity index is 883. The lowest BCUT2D eigenvalue weighted by Gasteiger charge is -2.36. The zero-order chi connectivity index (χ0) is 18.5. The van der Waals surface area contributed by atoms with Crippen molar-refractivity contribution >= 4 is 40.8 Å². The Morgan fingerprint density at radius 3 is 2.79 bits per heavy atom. The number of aliphatic imine (C=N–C) groups is 1. The summed E-state index contributed by atoms with van der Waals surface area (Å²) >= 11 is 0. The van der Waals surface area contributed by atoms with Crippen molar-refractivity contribution in [2.24, 2.45) is 4.99 Å². The topological polar surface area (TPSA) is 72.7 Å². The summed E-state index contributed by atoms with van der Waals surface area (Å²) in [6.45, 7) is 5.63. The Morgan fingerprint density at radius 1 is 1.21 bits per heavy atom. The highest BCUT2D eigenvalue weighted by molar-refractivity contribution is 14.0. The zero-order valence-electron chi connectivity index (χ0n) is 16.1. The summed E-state index contributed by atoms with van der Waals surface area (Å²) in [6, 6.07) is 10.4. The third kappa shape index (κ3) is 4.85. The van der Waals surface area contributed by atoms with Crippen LogP contribution in [0.3, 0.4) is 0 Å². The minimum absolute atomic E-state index is 0. The van der Waals surface area contributed by atoms with Crippen LogP contribution in [0, 0.1) is 0 Å². The molecule has 3 heterocycles. The molecule has 3 aromatic rings. The lowest BCUT2D eigenvalue weighted by molar-refractivity contribution is 0.169. The Kier molecular flexibility index (Phi) is 7.32. The predicted octanol–water partition coefficient (Wildman–Crippen LogP) is 2.71. The summed E-state index contributed by atoms with van der Waals surface area (Å²) in [5.41, 5.74) is 3.52. The number of nitrogens with zero attached hydrogens (tertiary/aromatic N) is 4. The molecule has 0 unspecified atom stereocenters. The molecule has 2 N–H and O–H groups in total. The Hall–Kier alpha value is -2.07. The Labute approximate surface area is 182 Å². The van der Waals surface area contributed by atoms with Crippen molar-refractivity contribution in [3.05, 3.63) is 54.0 Å². The van der Waals surface area contributed by atoms with Crippen LogP contribution in [0.15, 0.2) is 52.3 Å². The second-order valence-electron chi connectivity index (χ2n) is 6.84. The third-order valence-electron chi connectivity index (χ3n) is 5.11. The molecule has 1 fully saturated rings. The summed E-state index contributed by atoms with van der Waals surface area (Å²) in [5.74, 6) is 0.982. The molecule has 0 amide bonds. The molecule has 2 aromatic heterocycles. The van der Waals surface area contributed by atoms with Crippen molar-refractivity contribution in [1.82, 2.24) is 25.3 Å². The van der Waals surface area contributed by atoms with Crippen LogP contribution in [-0.2, 0) is 13.0 Å². The number of halogens is 1. The van der Waals surface area contributed by atoms with E-state index in [9.17, 15) is 0 Å². The summed E-state index contributed by atoms with van der Waals surface area (Å²) in [6.07, 6.45) is 4.71. The van der Waals surface area contributed by atoms with E-state index in [1.165, 1.54) is 16.5 Å². The number of para-hydroxylation sites is 1. The van der Waals surface area contributed by atoms with Gasteiger partial charge in [-0.25, -0.2) is 0 Å². The minimum atomic E-state index is 0.